The zero-order valence-corrected chi connectivity index (χ0v) is 15.3. The molecule has 144 valence electrons. The smallest absolute Gasteiger partial charge is 0.338 e. The molecule has 1 amide bonds. The number of amides is 1. The van der Waals surface area contributed by atoms with Crippen LogP contribution in [0.15, 0.2) is 54.9 Å². The second-order valence-electron chi connectivity index (χ2n) is 6.17. The highest BCUT2D eigenvalue weighted by Gasteiger charge is 2.22. The van der Waals surface area contributed by atoms with Crippen LogP contribution >= 0.6 is 0 Å². The summed E-state index contributed by atoms with van der Waals surface area (Å²) in [6.07, 6.45) is 0.452. The zero-order chi connectivity index (χ0) is 20.1. The largest absolute Gasteiger partial charge is 0.449 e. The first-order valence-corrected chi connectivity index (χ1v) is 8.48. The number of aromatic nitrogens is 4. The van der Waals surface area contributed by atoms with Crippen molar-refractivity contribution >= 4 is 11.9 Å². The fraction of sp³-hybridized carbons (Fsp3) is 0.211. The zero-order valence-electron chi connectivity index (χ0n) is 15.3. The molecule has 0 aliphatic rings. The van der Waals surface area contributed by atoms with E-state index >= 15 is 0 Å². The van der Waals surface area contributed by atoms with E-state index in [2.05, 4.69) is 15.5 Å². The number of ether oxygens (including phenoxy) is 1. The fourth-order valence-corrected chi connectivity index (χ4v) is 2.61. The lowest BCUT2D eigenvalue weighted by Crippen LogP contribution is -2.37. The van der Waals surface area contributed by atoms with Crippen molar-refractivity contribution in [1.82, 2.24) is 25.1 Å². The Bertz CT molecular complexity index is 960. The molecule has 0 unspecified atom stereocenters. The Morgan fingerprint density at radius 2 is 1.96 bits per heavy atom. The van der Waals surface area contributed by atoms with Crippen LogP contribution in [-0.4, -0.2) is 50.1 Å². The van der Waals surface area contributed by atoms with E-state index in [0.717, 1.165) is 0 Å². The van der Waals surface area contributed by atoms with Crippen LogP contribution in [-0.2, 0) is 16.1 Å². The molecule has 0 saturated carbocycles. The summed E-state index contributed by atoms with van der Waals surface area (Å²) in [6.45, 7) is 1.71. The van der Waals surface area contributed by atoms with Gasteiger partial charge in [0.05, 0.1) is 11.3 Å². The van der Waals surface area contributed by atoms with Gasteiger partial charge in [0, 0.05) is 13.6 Å². The number of nitrogens with zero attached hydrogens (tertiary/aromatic N) is 5. The number of likely N-dealkylation sites (N-methyl/N-ethyl adjacent to an activating group) is 1. The number of carbonyl (C=O) groups is 2. The Kier molecular flexibility index (Phi) is 5.73. The third-order valence-corrected chi connectivity index (χ3v) is 4.03. The van der Waals surface area contributed by atoms with Gasteiger partial charge in [-0.05, 0) is 59.3 Å². The van der Waals surface area contributed by atoms with Crippen LogP contribution in [0.5, 0.6) is 0 Å². The highest BCUT2D eigenvalue weighted by Crippen LogP contribution is 2.12. The molecule has 0 spiro atoms. The summed E-state index contributed by atoms with van der Waals surface area (Å²) < 4.78 is 20.0. The molecule has 8 nitrogen and oxygen atoms in total. The summed E-state index contributed by atoms with van der Waals surface area (Å²) in [5.41, 5.74) is 1.62. The Morgan fingerprint density at radius 1 is 1.21 bits per heavy atom. The topological polar surface area (TPSA) is 90.2 Å². The van der Waals surface area contributed by atoms with E-state index in [4.69, 9.17) is 4.74 Å². The van der Waals surface area contributed by atoms with Crippen LogP contribution < -0.4 is 0 Å². The van der Waals surface area contributed by atoms with Gasteiger partial charge in [-0.2, -0.15) is 0 Å². The SMILES string of the molecule is C[C@H](OC(=O)c1ccc(-n2cnnn2)cc1)C(=O)N(C)Cc1cccc(F)c1. The van der Waals surface area contributed by atoms with Crippen molar-refractivity contribution < 1.29 is 18.7 Å². The minimum Gasteiger partial charge on any atom is -0.449 e. The molecule has 0 bridgehead atoms. The quantitative estimate of drug-likeness (QED) is 0.605. The molecule has 0 saturated heterocycles. The predicted molar refractivity (Wildman–Crippen MR) is 96.9 cm³/mol. The average molecular weight is 383 g/mol. The highest BCUT2D eigenvalue weighted by molar-refractivity contribution is 5.92. The average Bonchev–Trinajstić information content (AvgIpc) is 3.22. The molecule has 1 aromatic heterocycles. The monoisotopic (exact) mass is 383 g/mol. The van der Waals surface area contributed by atoms with E-state index in [0.29, 0.717) is 16.8 Å². The number of tetrazole rings is 1. The van der Waals surface area contributed by atoms with Crippen LogP contribution in [0.1, 0.15) is 22.8 Å². The normalized spacial score (nSPS) is 11.7. The molecule has 3 aromatic rings. The van der Waals surface area contributed by atoms with Gasteiger partial charge < -0.3 is 9.64 Å². The fourth-order valence-electron chi connectivity index (χ4n) is 2.61. The summed E-state index contributed by atoms with van der Waals surface area (Å²) in [5, 5.41) is 10.8. The van der Waals surface area contributed by atoms with Gasteiger partial charge in [0.2, 0.25) is 0 Å². The van der Waals surface area contributed by atoms with Crippen molar-refractivity contribution in [3.05, 3.63) is 71.8 Å². The van der Waals surface area contributed by atoms with E-state index in [9.17, 15) is 14.0 Å². The highest BCUT2D eigenvalue weighted by atomic mass is 19.1. The maximum absolute atomic E-state index is 13.3. The predicted octanol–water partition coefficient (Wildman–Crippen LogP) is 2.01. The van der Waals surface area contributed by atoms with Gasteiger partial charge >= 0.3 is 5.97 Å². The number of halogens is 1. The summed E-state index contributed by atoms with van der Waals surface area (Å²) in [7, 11) is 1.57. The minimum absolute atomic E-state index is 0.207. The molecule has 2 aromatic carbocycles. The molecule has 28 heavy (non-hydrogen) atoms. The number of hydrogen-bond donors (Lipinski definition) is 0. The van der Waals surface area contributed by atoms with Crippen molar-refractivity contribution in [3.63, 3.8) is 0 Å². The standard InChI is InChI=1S/C19H18FN5O3/c1-13(18(26)24(2)11-14-4-3-5-16(20)10-14)28-19(27)15-6-8-17(9-7-15)25-12-21-22-23-25/h3-10,12-13H,11H2,1-2H3/t13-/m0/s1. The Labute approximate surface area is 160 Å². The van der Waals surface area contributed by atoms with E-state index in [1.807, 2.05) is 0 Å². The molecule has 1 heterocycles. The minimum atomic E-state index is -0.981. The van der Waals surface area contributed by atoms with Gasteiger partial charge in [0.1, 0.15) is 12.1 Å². The van der Waals surface area contributed by atoms with Crippen LogP contribution in [0.25, 0.3) is 5.69 Å². The van der Waals surface area contributed by atoms with Gasteiger partial charge in [-0.25, -0.2) is 13.9 Å². The van der Waals surface area contributed by atoms with Gasteiger partial charge in [0.25, 0.3) is 5.91 Å². The van der Waals surface area contributed by atoms with E-state index < -0.39 is 12.1 Å². The van der Waals surface area contributed by atoms with Crippen molar-refractivity contribution in [2.24, 2.45) is 0 Å². The third kappa shape index (κ3) is 4.56. The van der Waals surface area contributed by atoms with Crippen LogP contribution in [0, 0.1) is 5.82 Å². The van der Waals surface area contributed by atoms with Gasteiger partial charge in [-0.15, -0.1) is 5.10 Å². The molecule has 0 fully saturated rings. The number of benzene rings is 2. The van der Waals surface area contributed by atoms with Crippen molar-refractivity contribution in [3.8, 4) is 5.69 Å². The Balaban J connectivity index is 1.59. The lowest BCUT2D eigenvalue weighted by molar-refractivity contribution is -0.139. The van der Waals surface area contributed by atoms with Gasteiger partial charge in [-0.1, -0.05) is 12.1 Å². The van der Waals surface area contributed by atoms with Gasteiger partial charge in [-0.3, -0.25) is 4.79 Å². The van der Waals surface area contributed by atoms with Crippen LogP contribution in [0.4, 0.5) is 4.39 Å². The third-order valence-electron chi connectivity index (χ3n) is 4.03. The molecule has 0 aliphatic heterocycles. The maximum Gasteiger partial charge on any atom is 0.338 e. The molecule has 9 heteroatoms. The summed E-state index contributed by atoms with van der Waals surface area (Å²) >= 11 is 0. The van der Waals surface area contributed by atoms with Crippen LogP contribution in [0.3, 0.4) is 0 Å². The number of hydrogen-bond acceptors (Lipinski definition) is 6. The molecule has 0 radical (unpaired) electrons. The van der Waals surface area contributed by atoms with Crippen molar-refractivity contribution in [2.75, 3.05) is 7.05 Å². The second-order valence-corrected chi connectivity index (χ2v) is 6.17. The molecular formula is C19H18FN5O3. The Hall–Kier alpha value is -3.62. The maximum atomic E-state index is 13.3. The first-order valence-electron chi connectivity index (χ1n) is 8.48. The molecule has 0 aliphatic carbocycles. The number of rotatable bonds is 6. The van der Waals surface area contributed by atoms with Gasteiger partial charge in [0.15, 0.2) is 6.10 Å². The molecule has 1 atom stereocenters. The number of carbonyl (C=O) groups excluding carboxylic acids is 2. The molecule has 3 rings (SSSR count). The first kappa shape index (κ1) is 19.2. The lowest BCUT2D eigenvalue weighted by Gasteiger charge is -2.21. The van der Waals surface area contributed by atoms with E-state index in [-0.39, 0.29) is 18.3 Å². The molecular weight excluding hydrogens is 365 g/mol. The van der Waals surface area contributed by atoms with E-state index in [1.165, 1.54) is 35.0 Å². The van der Waals surface area contributed by atoms with Crippen LogP contribution in [0.2, 0.25) is 0 Å². The lowest BCUT2D eigenvalue weighted by atomic mass is 10.2. The summed E-state index contributed by atoms with van der Waals surface area (Å²) in [6, 6.07) is 12.4. The first-order chi connectivity index (χ1) is 13.4. The number of esters is 1. The van der Waals surface area contributed by atoms with E-state index in [1.54, 1.807) is 43.4 Å². The summed E-state index contributed by atoms with van der Waals surface area (Å²) in [5.74, 6) is -1.38. The van der Waals surface area contributed by atoms with Crippen molar-refractivity contribution in [1.29, 1.82) is 0 Å². The van der Waals surface area contributed by atoms with Crippen molar-refractivity contribution in [2.45, 2.75) is 19.6 Å². The summed E-state index contributed by atoms with van der Waals surface area (Å²) in [4.78, 5) is 26.1. The second kappa shape index (κ2) is 8.38. The molecule has 0 N–H and O–H groups in total. The Morgan fingerprint density at radius 3 is 2.61 bits per heavy atom.